The summed E-state index contributed by atoms with van der Waals surface area (Å²) in [7, 11) is 0. The third-order valence-electron chi connectivity index (χ3n) is 4.64. The summed E-state index contributed by atoms with van der Waals surface area (Å²) in [6.07, 6.45) is 7.89. The summed E-state index contributed by atoms with van der Waals surface area (Å²) in [6, 6.07) is 0. The van der Waals surface area contributed by atoms with Crippen molar-refractivity contribution in [3.8, 4) is 0 Å². The van der Waals surface area contributed by atoms with Crippen molar-refractivity contribution in [3.63, 3.8) is 0 Å². The Morgan fingerprint density at radius 2 is 1.92 bits per heavy atom. The third kappa shape index (κ3) is 1.41. The predicted octanol–water partition coefficient (Wildman–Crippen LogP) is 2.97. The largest absolute Gasteiger partial charge is 0.392 e. The molecule has 0 bridgehead atoms. The monoisotopic (exact) mass is 182 g/mol. The summed E-state index contributed by atoms with van der Waals surface area (Å²) in [4.78, 5) is 0. The first kappa shape index (κ1) is 9.51. The second-order valence-electron chi connectivity index (χ2n) is 5.45. The van der Waals surface area contributed by atoms with Crippen molar-refractivity contribution in [2.75, 3.05) is 0 Å². The van der Waals surface area contributed by atoms with Crippen LogP contribution in [0.2, 0.25) is 0 Å². The fourth-order valence-electron chi connectivity index (χ4n) is 3.57. The van der Waals surface area contributed by atoms with Crippen LogP contribution >= 0.6 is 0 Å². The molecule has 4 atom stereocenters. The molecule has 0 aromatic rings. The Hall–Kier alpha value is -0.0400. The van der Waals surface area contributed by atoms with Crippen molar-refractivity contribution in [2.45, 2.75) is 58.5 Å². The minimum absolute atomic E-state index is 0.0356. The van der Waals surface area contributed by atoms with Gasteiger partial charge in [0, 0.05) is 0 Å². The molecule has 0 spiro atoms. The predicted molar refractivity (Wildman–Crippen MR) is 54.5 cm³/mol. The highest BCUT2D eigenvalue weighted by Crippen LogP contribution is 2.51. The number of aliphatic hydroxyl groups is 1. The molecule has 0 aromatic carbocycles. The van der Waals surface area contributed by atoms with Crippen LogP contribution in [-0.4, -0.2) is 11.2 Å². The van der Waals surface area contributed by atoms with Crippen molar-refractivity contribution in [1.29, 1.82) is 0 Å². The molecule has 0 amide bonds. The van der Waals surface area contributed by atoms with Gasteiger partial charge in [0.2, 0.25) is 0 Å². The van der Waals surface area contributed by atoms with Gasteiger partial charge in [-0.05, 0) is 42.9 Å². The van der Waals surface area contributed by atoms with Crippen LogP contribution in [0.5, 0.6) is 0 Å². The molecule has 1 heteroatoms. The van der Waals surface area contributed by atoms with E-state index in [1.54, 1.807) is 0 Å². The zero-order valence-electron chi connectivity index (χ0n) is 8.92. The molecule has 0 radical (unpaired) electrons. The summed E-state index contributed by atoms with van der Waals surface area (Å²) in [5, 5.41) is 10.2. The van der Waals surface area contributed by atoms with Crippen LogP contribution in [0.1, 0.15) is 52.4 Å². The van der Waals surface area contributed by atoms with Crippen molar-refractivity contribution in [1.82, 2.24) is 0 Å². The zero-order chi connectivity index (χ0) is 9.47. The van der Waals surface area contributed by atoms with Gasteiger partial charge in [-0.1, -0.05) is 26.7 Å². The summed E-state index contributed by atoms with van der Waals surface area (Å²) in [6.45, 7) is 4.53. The van der Waals surface area contributed by atoms with Gasteiger partial charge in [-0.25, -0.2) is 0 Å². The van der Waals surface area contributed by atoms with Gasteiger partial charge in [0.1, 0.15) is 0 Å². The van der Waals surface area contributed by atoms with E-state index in [0.717, 1.165) is 5.92 Å². The summed E-state index contributed by atoms with van der Waals surface area (Å²) < 4.78 is 0. The summed E-state index contributed by atoms with van der Waals surface area (Å²) in [5.41, 5.74) is 0.260. The van der Waals surface area contributed by atoms with Crippen LogP contribution in [0, 0.1) is 17.3 Å². The van der Waals surface area contributed by atoms with Crippen molar-refractivity contribution in [2.24, 2.45) is 17.3 Å². The fourth-order valence-corrected chi connectivity index (χ4v) is 3.57. The Bertz CT molecular complexity index is 186. The van der Waals surface area contributed by atoms with Gasteiger partial charge in [-0.15, -0.1) is 0 Å². The van der Waals surface area contributed by atoms with Gasteiger partial charge in [-0.3, -0.25) is 0 Å². The molecule has 76 valence electrons. The Balaban J connectivity index is 2.17. The molecule has 13 heavy (non-hydrogen) atoms. The van der Waals surface area contributed by atoms with Gasteiger partial charge in [-0.2, -0.15) is 0 Å². The van der Waals surface area contributed by atoms with Crippen molar-refractivity contribution in [3.05, 3.63) is 0 Å². The van der Waals surface area contributed by atoms with Crippen LogP contribution in [0.15, 0.2) is 0 Å². The van der Waals surface area contributed by atoms with Crippen LogP contribution in [-0.2, 0) is 0 Å². The van der Waals surface area contributed by atoms with Gasteiger partial charge in [0.25, 0.3) is 0 Å². The molecule has 2 rings (SSSR count). The van der Waals surface area contributed by atoms with Crippen LogP contribution in [0.25, 0.3) is 0 Å². The average Bonchev–Trinajstić information content (AvgIpc) is 2.13. The Morgan fingerprint density at radius 3 is 2.69 bits per heavy atom. The molecule has 0 aliphatic heterocycles. The lowest BCUT2D eigenvalue weighted by molar-refractivity contribution is -0.0944. The molecule has 2 fully saturated rings. The maximum atomic E-state index is 10.2. The lowest BCUT2D eigenvalue weighted by Crippen LogP contribution is -2.48. The highest BCUT2D eigenvalue weighted by atomic mass is 16.3. The molecule has 0 saturated heterocycles. The first-order chi connectivity index (χ1) is 6.14. The lowest BCUT2D eigenvalue weighted by atomic mass is 9.57. The maximum absolute atomic E-state index is 10.2. The number of hydrogen-bond acceptors (Lipinski definition) is 1. The van der Waals surface area contributed by atoms with Crippen LogP contribution in [0.3, 0.4) is 0 Å². The molecular formula is C12H22O. The summed E-state index contributed by atoms with van der Waals surface area (Å²) in [5.74, 6) is 1.34. The van der Waals surface area contributed by atoms with Crippen LogP contribution in [0.4, 0.5) is 0 Å². The Labute approximate surface area is 81.5 Å². The second-order valence-corrected chi connectivity index (χ2v) is 5.45. The Kier molecular flexibility index (Phi) is 2.39. The van der Waals surface area contributed by atoms with E-state index in [9.17, 15) is 5.11 Å². The van der Waals surface area contributed by atoms with Gasteiger partial charge >= 0.3 is 0 Å². The quantitative estimate of drug-likeness (QED) is 0.610. The smallest absolute Gasteiger partial charge is 0.0621 e. The molecule has 1 nitrogen and oxygen atoms in total. The standard InChI is InChI=1S/C12H22O/c1-9-6-7-10-5-3-4-8-12(10,2)11(9)13/h9-11,13H,3-8H2,1-2H3/t9-,10-,11+,12+/m1/s1. The molecule has 1 N–H and O–H groups in total. The number of aliphatic hydroxyl groups excluding tert-OH is 1. The molecular weight excluding hydrogens is 160 g/mol. The van der Waals surface area contributed by atoms with E-state index in [1.807, 2.05) is 0 Å². The molecule has 2 aliphatic carbocycles. The topological polar surface area (TPSA) is 20.2 Å². The lowest BCUT2D eigenvalue weighted by Gasteiger charge is -2.50. The van der Waals surface area contributed by atoms with Crippen molar-refractivity contribution >= 4 is 0 Å². The van der Waals surface area contributed by atoms with Crippen LogP contribution < -0.4 is 0 Å². The molecule has 2 saturated carbocycles. The van der Waals surface area contributed by atoms with E-state index in [0.29, 0.717) is 5.92 Å². The van der Waals surface area contributed by atoms with E-state index < -0.39 is 0 Å². The van der Waals surface area contributed by atoms with E-state index >= 15 is 0 Å². The maximum Gasteiger partial charge on any atom is 0.0621 e. The summed E-state index contributed by atoms with van der Waals surface area (Å²) >= 11 is 0. The normalized spacial score (nSPS) is 51.5. The van der Waals surface area contributed by atoms with E-state index in [2.05, 4.69) is 13.8 Å². The van der Waals surface area contributed by atoms with E-state index in [4.69, 9.17) is 0 Å². The minimum atomic E-state index is -0.0356. The van der Waals surface area contributed by atoms with E-state index in [-0.39, 0.29) is 11.5 Å². The first-order valence-corrected chi connectivity index (χ1v) is 5.82. The SMILES string of the molecule is C[C@@H]1CC[C@H]2CCCC[C@]2(C)[C@H]1O. The van der Waals surface area contributed by atoms with Gasteiger partial charge < -0.3 is 5.11 Å². The number of rotatable bonds is 0. The Morgan fingerprint density at radius 1 is 1.15 bits per heavy atom. The molecule has 0 aromatic heterocycles. The van der Waals surface area contributed by atoms with Crippen molar-refractivity contribution < 1.29 is 5.11 Å². The molecule has 0 unspecified atom stereocenters. The van der Waals surface area contributed by atoms with E-state index in [1.165, 1.54) is 38.5 Å². The number of fused-ring (bicyclic) bond motifs is 1. The third-order valence-corrected chi connectivity index (χ3v) is 4.64. The zero-order valence-corrected chi connectivity index (χ0v) is 8.92. The molecule has 2 aliphatic rings. The fraction of sp³-hybridized carbons (Fsp3) is 1.00. The van der Waals surface area contributed by atoms with Gasteiger partial charge in [0.05, 0.1) is 6.10 Å². The highest BCUT2D eigenvalue weighted by molar-refractivity contribution is 4.97. The average molecular weight is 182 g/mol. The highest BCUT2D eigenvalue weighted by Gasteiger charge is 2.46. The number of hydrogen-bond donors (Lipinski definition) is 1. The minimum Gasteiger partial charge on any atom is -0.392 e. The molecule has 0 heterocycles. The second kappa shape index (κ2) is 3.27. The van der Waals surface area contributed by atoms with Gasteiger partial charge in [0.15, 0.2) is 0 Å². The first-order valence-electron chi connectivity index (χ1n) is 5.82.